The smallest absolute Gasteiger partial charge is 0.0220 e. The zero-order valence-corrected chi connectivity index (χ0v) is 14.7. The molecule has 3 rings (SSSR count). The Morgan fingerprint density at radius 3 is 2.14 bits per heavy atom. The summed E-state index contributed by atoms with van der Waals surface area (Å²) in [7, 11) is 0. The monoisotopic (exact) mass is 298 g/mol. The van der Waals surface area contributed by atoms with Crippen LogP contribution in [-0.4, -0.2) is 0 Å². The number of hydrogen-bond acceptors (Lipinski definition) is 1. The quantitative estimate of drug-likeness (QED) is 0.602. The molecule has 1 aliphatic heterocycles. The van der Waals surface area contributed by atoms with Crippen LogP contribution in [-0.2, 0) is 5.41 Å². The summed E-state index contributed by atoms with van der Waals surface area (Å²) >= 11 is 1.93. The van der Waals surface area contributed by atoms with Gasteiger partial charge in [-0.2, -0.15) is 0 Å². The summed E-state index contributed by atoms with van der Waals surface area (Å²) in [6, 6.07) is 15.9. The van der Waals surface area contributed by atoms with Crippen LogP contribution in [0.2, 0.25) is 0 Å². The first-order valence-corrected chi connectivity index (χ1v) is 8.91. The van der Waals surface area contributed by atoms with Gasteiger partial charge in [0.25, 0.3) is 0 Å². The van der Waals surface area contributed by atoms with Crippen LogP contribution in [0.15, 0.2) is 52.3 Å². The molecule has 21 heavy (non-hydrogen) atoms. The van der Waals surface area contributed by atoms with E-state index in [-0.39, 0.29) is 5.41 Å². The van der Waals surface area contributed by atoms with Gasteiger partial charge in [0.15, 0.2) is 0 Å². The van der Waals surface area contributed by atoms with Gasteiger partial charge >= 0.3 is 0 Å². The van der Waals surface area contributed by atoms with E-state index in [2.05, 4.69) is 63.2 Å². The SMILES string of the molecule is CC.CCC1(CC)c2ccccc2Sc2cc(C)ccc21. The first-order chi connectivity index (χ1) is 10.2. The van der Waals surface area contributed by atoms with Crippen molar-refractivity contribution in [2.24, 2.45) is 0 Å². The summed E-state index contributed by atoms with van der Waals surface area (Å²) in [5, 5.41) is 0. The lowest BCUT2D eigenvalue weighted by atomic mass is 9.70. The average Bonchev–Trinajstić information content (AvgIpc) is 2.54. The molecule has 0 saturated heterocycles. The summed E-state index contributed by atoms with van der Waals surface area (Å²) in [6.45, 7) is 10.8. The highest BCUT2D eigenvalue weighted by Gasteiger charge is 2.37. The van der Waals surface area contributed by atoms with Gasteiger partial charge in [0.2, 0.25) is 0 Å². The van der Waals surface area contributed by atoms with Crippen molar-refractivity contribution in [3.8, 4) is 0 Å². The molecule has 0 amide bonds. The van der Waals surface area contributed by atoms with Gasteiger partial charge in [0.05, 0.1) is 0 Å². The number of fused-ring (bicyclic) bond motifs is 2. The third kappa shape index (κ3) is 2.64. The number of aryl methyl sites for hydroxylation is 1. The van der Waals surface area contributed by atoms with Crippen molar-refractivity contribution in [2.75, 3.05) is 0 Å². The van der Waals surface area contributed by atoms with Gasteiger partial charge < -0.3 is 0 Å². The second-order valence-electron chi connectivity index (χ2n) is 5.39. The molecule has 0 spiro atoms. The topological polar surface area (TPSA) is 0 Å². The van der Waals surface area contributed by atoms with Crippen molar-refractivity contribution >= 4 is 11.8 Å². The first-order valence-electron chi connectivity index (χ1n) is 8.09. The minimum Gasteiger partial charge on any atom is -0.0894 e. The molecule has 0 saturated carbocycles. The lowest BCUT2D eigenvalue weighted by Crippen LogP contribution is -2.29. The van der Waals surface area contributed by atoms with Crippen LogP contribution in [0.5, 0.6) is 0 Å². The predicted molar refractivity (Wildman–Crippen MR) is 94.5 cm³/mol. The molecule has 0 atom stereocenters. The Kier molecular flexibility index (Phi) is 5.16. The molecule has 0 aliphatic carbocycles. The lowest BCUT2D eigenvalue weighted by molar-refractivity contribution is 0.458. The highest BCUT2D eigenvalue weighted by Crippen LogP contribution is 2.52. The van der Waals surface area contributed by atoms with Crippen LogP contribution in [0.4, 0.5) is 0 Å². The third-order valence-electron chi connectivity index (χ3n) is 4.48. The number of hydrogen-bond donors (Lipinski definition) is 0. The fraction of sp³-hybridized carbons (Fsp3) is 0.400. The Labute approximate surface area is 134 Å². The number of rotatable bonds is 2. The minimum absolute atomic E-state index is 0.199. The molecular formula is C20H26S. The van der Waals surface area contributed by atoms with E-state index in [1.807, 2.05) is 25.6 Å². The maximum Gasteiger partial charge on any atom is 0.0220 e. The van der Waals surface area contributed by atoms with E-state index in [0.717, 1.165) is 12.8 Å². The van der Waals surface area contributed by atoms with Gasteiger partial charge in [-0.05, 0) is 48.6 Å². The van der Waals surface area contributed by atoms with E-state index in [0.29, 0.717) is 0 Å². The van der Waals surface area contributed by atoms with Crippen LogP contribution in [0.3, 0.4) is 0 Å². The van der Waals surface area contributed by atoms with Crippen LogP contribution >= 0.6 is 11.8 Å². The Bertz CT molecular complexity index is 609. The molecule has 0 radical (unpaired) electrons. The molecule has 0 bridgehead atoms. The molecule has 1 heteroatoms. The minimum atomic E-state index is 0.199. The molecule has 112 valence electrons. The molecular weight excluding hydrogens is 272 g/mol. The van der Waals surface area contributed by atoms with Gasteiger partial charge in [-0.15, -0.1) is 0 Å². The molecule has 2 aromatic carbocycles. The van der Waals surface area contributed by atoms with E-state index in [4.69, 9.17) is 0 Å². The molecule has 0 nitrogen and oxygen atoms in total. The van der Waals surface area contributed by atoms with E-state index in [1.165, 1.54) is 26.5 Å². The predicted octanol–water partition coefficient (Wildman–Crippen LogP) is 6.59. The van der Waals surface area contributed by atoms with Crippen molar-refractivity contribution in [3.05, 3.63) is 59.2 Å². The summed E-state index contributed by atoms with van der Waals surface area (Å²) in [5.74, 6) is 0. The van der Waals surface area contributed by atoms with Gasteiger partial charge in [-0.1, -0.05) is 69.8 Å². The molecule has 0 N–H and O–H groups in total. The maximum absolute atomic E-state index is 2.35. The Morgan fingerprint density at radius 2 is 1.48 bits per heavy atom. The van der Waals surface area contributed by atoms with E-state index in [1.54, 1.807) is 0 Å². The molecule has 1 heterocycles. The van der Waals surface area contributed by atoms with Gasteiger partial charge in [0.1, 0.15) is 0 Å². The maximum atomic E-state index is 2.35. The van der Waals surface area contributed by atoms with Crippen LogP contribution < -0.4 is 0 Å². The average molecular weight is 298 g/mol. The fourth-order valence-electron chi connectivity index (χ4n) is 3.34. The Hall–Kier alpha value is -1.21. The fourth-order valence-corrected chi connectivity index (χ4v) is 4.71. The van der Waals surface area contributed by atoms with Gasteiger partial charge in [0, 0.05) is 15.2 Å². The molecule has 1 aliphatic rings. The van der Waals surface area contributed by atoms with E-state index >= 15 is 0 Å². The van der Waals surface area contributed by atoms with Crippen LogP contribution in [0, 0.1) is 6.92 Å². The van der Waals surface area contributed by atoms with E-state index in [9.17, 15) is 0 Å². The van der Waals surface area contributed by atoms with Crippen molar-refractivity contribution in [1.82, 2.24) is 0 Å². The second-order valence-corrected chi connectivity index (χ2v) is 6.47. The summed E-state index contributed by atoms with van der Waals surface area (Å²) < 4.78 is 0. The molecule has 0 aromatic heterocycles. The largest absolute Gasteiger partial charge is 0.0894 e. The van der Waals surface area contributed by atoms with Crippen LogP contribution in [0.1, 0.15) is 57.2 Å². The highest BCUT2D eigenvalue weighted by atomic mass is 32.2. The van der Waals surface area contributed by atoms with E-state index < -0.39 is 0 Å². The summed E-state index contributed by atoms with van der Waals surface area (Å²) in [5.41, 5.74) is 4.59. The molecule has 2 aromatic rings. The zero-order chi connectivity index (χ0) is 15.5. The van der Waals surface area contributed by atoms with Crippen molar-refractivity contribution < 1.29 is 0 Å². The highest BCUT2D eigenvalue weighted by molar-refractivity contribution is 7.99. The second kappa shape index (κ2) is 6.70. The van der Waals surface area contributed by atoms with Crippen molar-refractivity contribution in [2.45, 2.75) is 62.7 Å². The summed E-state index contributed by atoms with van der Waals surface area (Å²) in [6.07, 6.45) is 2.33. The van der Waals surface area contributed by atoms with Gasteiger partial charge in [-0.3, -0.25) is 0 Å². The van der Waals surface area contributed by atoms with Crippen molar-refractivity contribution in [1.29, 1.82) is 0 Å². The lowest BCUT2D eigenvalue weighted by Gasteiger charge is -2.39. The van der Waals surface area contributed by atoms with Gasteiger partial charge in [-0.25, -0.2) is 0 Å². The van der Waals surface area contributed by atoms with Crippen LogP contribution in [0.25, 0.3) is 0 Å². The summed E-state index contributed by atoms with van der Waals surface area (Å²) in [4.78, 5) is 2.88. The standard InChI is InChI=1S/C18H20S.C2H6/c1-4-18(5-2)14-8-6-7-9-16(14)19-17-12-13(3)10-11-15(17)18;1-2/h6-12H,4-5H2,1-3H3;1-2H3. The molecule has 0 fully saturated rings. The zero-order valence-electron chi connectivity index (χ0n) is 13.9. The first kappa shape index (κ1) is 16.2. The Balaban J connectivity index is 0.000000774. The normalized spacial score (nSPS) is 14.5. The molecule has 0 unspecified atom stereocenters. The third-order valence-corrected chi connectivity index (χ3v) is 5.62. The van der Waals surface area contributed by atoms with Crippen molar-refractivity contribution in [3.63, 3.8) is 0 Å². The Morgan fingerprint density at radius 1 is 0.857 bits per heavy atom. The number of benzene rings is 2.